The molecule has 0 spiro atoms. The Morgan fingerprint density at radius 1 is 1.04 bits per heavy atom. The number of halogens is 1. The normalized spacial score (nSPS) is 11.1. The predicted octanol–water partition coefficient (Wildman–Crippen LogP) is 3.27. The zero-order valence-corrected chi connectivity index (χ0v) is 14.7. The molecule has 2 aromatic carbocycles. The highest BCUT2D eigenvalue weighted by atomic mass is 19.1. The second-order valence-electron chi connectivity index (χ2n) is 5.76. The molecular weight excluding hydrogens is 333 g/mol. The minimum absolute atomic E-state index is 0.161. The first-order chi connectivity index (χ1) is 12.6. The van der Waals surface area contributed by atoms with E-state index in [1.807, 2.05) is 30.3 Å². The fraction of sp³-hybridized carbons (Fsp3) is 0.250. The number of hydrogen-bond acceptors (Lipinski definition) is 3. The van der Waals surface area contributed by atoms with Crippen molar-refractivity contribution >= 4 is 17.5 Å². The summed E-state index contributed by atoms with van der Waals surface area (Å²) in [5.41, 5.74) is 4.37. The van der Waals surface area contributed by atoms with Crippen LogP contribution in [-0.4, -0.2) is 24.1 Å². The van der Waals surface area contributed by atoms with Crippen LogP contribution in [0.1, 0.15) is 42.1 Å². The lowest BCUT2D eigenvalue weighted by Gasteiger charge is -2.08. The van der Waals surface area contributed by atoms with Gasteiger partial charge in [0.1, 0.15) is 5.82 Å². The standard InChI is InChI=1S/C20H22FN3O2/c1-2-3-12-18(15-8-5-4-6-9-15)23-24-19(25)14-22-20(26)16-10-7-11-17(21)13-16/h4-11,13H,2-3,12,14H2,1H3,(H,22,26)(H,24,25)/b23-18+. The number of hydrogen-bond donors (Lipinski definition) is 2. The lowest BCUT2D eigenvalue weighted by Crippen LogP contribution is -2.35. The molecule has 0 saturated carbocycles. The number of nitrogens with one attached hydrogen (secondary N) is 2. The third-order valence-electron chi connectivity index (χ3n) is 3.69. The molecule has 26 heavy (non-hydrogen) atoms. The number of unbranched alkanes of at least 4 members (excludes halogenated alkanes) is 1. The smallest absolute Gasteiger partial charge is 0.259 e. The maximum atomic E-state index is 13.1. The zero-order chi connectivity index (χ0) is 18.8. The molecule has 2 N–H and O–H groups in total. The van der Waals surface area contributed by atoms with Crippen molar-refractivity contribution in [3.05, 3.63) is 71.5 Å². The number of nitrogens with zero attached hydrogens (tertiary/aromatic N) is 1. The molecule has 0 aliphatic carbocycles. The highest BCUT2D eigenvalue weighted by molar-refractivity contribution is 6.01. The van der Waals surface area contributed by atoms with Crippen molar-refractivity contribution in [1.82, 2.24) is 10.7 Å². The van der Waals surface area contributed by atoms with Gasteiger partial charge in [-0.3, -0.25) is 9.59 Å². The van der Waals surface area contributed by atoms with Gasteiger partial charge in [0, 0.05) is 5.56 Å². The van der Waals surface area contributed by atoms with E-state index in [9.17, 15) is 14.0 Å². The molecular formula is C20H22FN3O2. The van der Waals surface area contributed by atoms with Crippen molar-refractivity contribution in [3.63, 3.8) is 0 Å². The van der Waals surface area contributed by atoms with E-state index in [1.165, 1.54) is 18.2 Å². The van der Waals surface area contributed by atoms with Gasteiger partial charge in [-0.2, -0.15) is 5.10 Å². The molecule has 0 aromatic heterocycles. The van der Waals surface area contributed by atoms with Crippen LogP contribution >= 0.6 is 0 Å². The van der Waals surface area contributed by atoms with Gasteiger partial charge in [0.05, 0.1) is 12.3 Å². The summed E-state index contributed by atoms with van der Waals surface area (Å²) in [6.07, 6.45) is 2.72. The maximum Gasteiger partial charge on any atom is 0.259 e. The average molecular weight is 355 g/mol. The topological polar surface area (TPSA) is 70.6 Å². The van der Waals surface area contributed by atoms with Crippen LogP contribution in [0.25, 0.3) is 0 Å². The Kier molecular flexibility index (Phi) is 7.49. The first-order valence-electron chi connectivity index (χ1n) is 8.54. The average Bonchev–Trinajstić information content (AvgIpc) is 2.67. The van der Waals surface area contributed by atoms with Crippen molar-refractivity contribution in [2.24, 2.45) is 5.10 Å². The van der Waals surface area contributed by atoms with Crippen molar-refractivity contribution in [2.75, 3.05) is 6.54 Å². The van der Waals surface area contributed by atoms with Gasteiger partial charge in [0.2, 0.25) is 0 Å². The Hall–Kier alpha value is -3.02. The zero-order valence-electron chi connectivity index (χ0n) is 14.7. The molecule has 0 fully saturated rings. The van der Waals surface area contributed by atoms with Gasteiger partial charge in [-0.05, 0) is 36.6 Å². The van der Waals surface area contributed by atoms with Gasteiger partial charge in [-0.25, -0.2) is 9.82 Å². The van der Waals surface area contributed by atoms with Gasteiger partial charge >= 0.3 is 0 Å². The SMILES string of the molecule is CCCC/C(=N\NC(=O)CNC(=O)c1cccc(F)c1)c1ccccc1. The lowest BCUT2D eigenvalue weighted by molar-refractivity contribution is -0.120. The van der Waals surface area contributed by atoms with Crippen molar-refractivity contribution in [2.45, 2.75) is 26.2 Å². The maximum absolute atomic E-state index is 13.1. The first-order valence-corrected chi connectivity index (χ1v) is 8.54. The molecule has 2 rings (SSSR count). The summed E-state index contributed by atoms with van der Waals surface area (Å²) in [6, 6.07) is 14.9. The third kappa shape index (κ3) is 6.12. The van der Waals surface area contributed by atoms with Gasteiger partial charge in [-0.1, -0.05) is 49.7 Å². The Morgan fingerprint density at radius 3 is 2.46 bits per heavy atom. The molecule has 5 nitrogen and oxygen atoms in total. The number of rotatable bonds is 8. The van der Waals surface area contributed by atoms with Gasteiger partial charge < -0.3 is 5.32 Å². The van der Waals surface area contributed by atoms with Crippen molar-refractivity contribution < 1.29 is 14.0 Å². The van der Waals surface area contributed by atoms with Crippen molar-refractivity contribution in [1.29, 1.82) is 0 Å². The van der Waals surface area contributed by atoms with Crippen LogP contribution in [0.15, 0.2) is 59.7 Å². The summed E-state index contributed by atoms with van der Waals surface area (Å²) in [5.74, 6) is -1.47. The summed E-state index contributed by atoms with van der Waals surface area (Å²) in [5, 5.41) is 6.65. The second-order valence-corrected chi connectivity index (χ2v) is 5.76. The highest BCUT2D eigenvalue weighted by Gasteiger charge is 2.09. The van der Waals surface area contributed by atoms with E-state index in [1.54, 1.807) is 0 Å². The molecule has 0 heterocycles. The van der Waals surface area contributed by atoms with Crippen LogP contribution in [0, 0.1) is 5.82 Å². The van der Waals surface area contributed by atoms with E-state index < -0.39 is 17.6 Å². The molecule has 0 aliphatic heterocycles. The molecule has 0 bridgehead atoms. The van der Waals surface area contributed by atoms with Crippen LogP contribution in [0.3, 0.4) is 0 Å². The third-order valence-corrected chi connectivity index (χ3v) is 3.69. The quantitative estimate of drug-likeness (QED) is 0.564. The molecule has 0 radical (unpaired) electrons. The van der Waals surface area contributed by atoms with E-state index in [0.29, 0.717) is 0 Å². The number of benzene rings is 2. The number of carbonyl (C=O) groups is 2. The van der Waals surface area contributed by atoms with Crippen LogP contribution in [-0.2, 0) is 4.79 Å². The van der Waals surface area contributed by atoms with E-state index in [-0.39, 0.29) is 12.1 Å². The summed E-state index contributed by atoms with van der Waals surface area (Å²) < 4.78 is 13.1. The molecule has 0 aliphatic rings. The molecule has 0 atom stereocenters. The fourth-order valence-electron chi connectivity index (χ4n) is 2.30. The molecule has 2 aromatic rings. The predicted molar refractivity (Wildman–Crippen MR) is 99.4 cm³/mol. The van der Waals surface area contributed by atoms with Crippen LogP contribution in [0.2, 0.25) is 0 Å². The minimum atomic E-state index is -0.516. The molecule has 0 saturated heterocycles. The van der Waals surface area contributed by atoms with E-state index in [2.05, 4.69) is 22.8 Å². The summed E-state index contributed by atoms with van der Waals surface area (Å²) in [4.78, 5) is 23.9. The van der Waals surface area contributed by atoms with E-state index >= 15 is 0 Å². The lowest BCUT2D eigenvalue weighted by atomic mass is 10.1. The van der Waals surface area contributed by atoms with Crippen molar-refractivity contribution in [3.8, 4) is 0 Å². The Bertz CT molecular complexity index is 776. The first kappa shape index (κ1) is 19.3. The van der Waals surface area contributed by atoms with Crippen LogP contribution < -0.4 is 10.7 Å². The summed E-state index contributed by atoms with van der Waals surface area (Å²) in [6.45, 7) is 1.85. The van der Waals surface area contributed by atoms with Gasteiger partial charge in [0.25, 0.3) is 11.8 Å². The Morgan fingerprint density at radius 2 is 1.77 bits per heavy atom. The molecule has 136 valence electrons. The second kappa shape index (κ2) is 10.1. The monoisotopic (exact) mass is 355 g/mol. The molecule has 0 unspecified atom stereocenters. The number of carbonyl (C=O) groups excluding carboxylic acids is 2. The highest BCUT2D eigenvalue weighted by Crippen LogP contribution is 2.07. The molecule has 6 heteroatoms. The molecule has 2 amide bonds. The van der Waals surface area contributed by atoms with Gasteiger partial charge in [-0.15, -0.1) is 0 Å². The van der Waals surface area contributed by atoms with Gasteiger partial charge in [0.15, 0.2) is 0 Å². The summed E-state index contributed by atoms with van der Waals surface area (Å²) in [7, 11) is 0. The fourth-order valence-corrected chi connectivity index (χ4v) is 2.30. The Labute approximate surface area is 152 Å². The van der Waals surface area contributed by atoms with Crippen LogP contribution in [0.4, 0.5) is 4.39 Å². The summed E-state index contributed by atoms with van der Waals surface area (Å²) >= 11 is 0. The number of hydrazone groups is 1. The number of amides is 2. The largest absolute Gasteiger partial charge is 0.343 e. The Balaban J connectivity index is 1.92. The van der Waals surface area contributed by atoms with Crippen LogP contribution in [0.5, 0.6) is 0 Å². The van der Waals surface area contributed by atoms with E-state index in [0.717, 1.165) is 36.6 Å². The van der Waals surface area contributed by atoms with E-state index in [4.69, 9.17) is 0 Å². The minimum Gasteiger partial charge on any atom is -0.343 e.